The van der Waals surface area contributed by atoms with Crippen molar-refractivity contribution in [3.05, 3.63) is 12.4 Å². The highest BCUT2D eigenvalue weighted by Gasteiger charge is 2.43. The third-order valence-electron chi connectivity index (χ3n) is 2.69. The first kappa shape index (κ1) is 11.9. The molecule has 1 aliphatic heterocycles. The van der Waals surface area contributed by atoms with E-state index in [0.29, 0.717) is 5.69 Å². The summed E-state index contributed by atoms with van der Waals surface area (Å²) in [7, 11) is 0. The van der Waals surface area contributed by atoms with Gasteiger partial charge in [-0.1, -0.05) is 0 Å². The van der Waals surface area contributed by atoms with Gasteiger partial charge in [-0.05, 0) is 6.92 Å². The molecule has 0 aromatic carbocycles. The average Bonchev–Trinajstić information content (AvgIpc) is 2.63. The molecule has 0 saturated carbocycles. The van der Waals surface area contributed by atoms with Crippen LogP contribution in [0.5, 0.6) is 0 Å². The third-order valence-corrected chi connectivity index (χ3v) is 2.69. The fraction of sp³-hybridized carbons (Fsp3) is 0.556. The minimum Gasteiger partial charge on any atom is -0.318 e. The van der Waals surface area contributed by atoms with Crippen molar-refractivity contribution in [3.8, 4) is 0 Å². The number of β-lactam (4-membered cyclic amide) rings is 1. The van der Waals surface area contributed by atoms with Crippen LogP contribution < -0.4 is 10.6 Å². The fourth-order valence-corrected chi connectivity index (χ4v) is 1.76. The number of carbonyl (C=O) groups is 1. The van der Waals surface area contributed by atoms with E-state index in [1.54, 1.807) is 6.92 Å². The molecule has 2 unspecified atom stereocenters. The normalized spacial score (nSPS) is 25.0. The molecule has 17 heavy (non-hydrogen) atoms. The number of rotatable bonds is 2. The molecule has 0 spiro atoms. The molecule has 2 rings (SSSR count). The van der Waals surface area contributed by atoms with Gasteiger partial charge in [0.05, 0.1) is 17.9 Å². The molecule has 1 amide bonds. The summed E-state index contributed by atoms with van der Waals surface area (Å²) in [6.07, 6.45) is -1.91. The highest BCUT2D eigenvalue weighted by molar-refractivity contribution is 6.05. The van der Waals surface area contributed by atoms with E-state index >= 15 is 0 Å². The van der Waals surface area contributed by atoms with Crippen LogP contribution >= 0.6 is 0 Å². The average molecular weight is 248 g/mol. The van der Waals surface area contributed by atoms with E-state index in [-0.39, 0.29) is 11.9 Å². The van der Waals surface area contributed by atoms with Crippen LogP contribution in [0.2, 0.25) is 0 Å². The monoisotopic (exact) mass is 248 g/mol. The van der Waals surface area contributed by atoms with Crippen LogP contribution in [-0.4, -0.2) is 33.9 Å². The van der Waals surface area contributed by atoms with E-state index in [2.05, 4.69) is 5.10 Å². The molecule has 1 saturated heterocycles. The van der Waals surface area contributed by atoms with Crippen LogP contribution in [-0.2, 0) is 11.3 Å². The van der Waals surface area contributed by atoms with Gasteiger partial charge < -0.3 is 10.6 Å². The zero-order valence-electron chi connectivity index (χ0n) is 8.98. The van der Waals surface area contributed by atoms with Gasteiger partial charge in [0.1, 0.15) is 12.6 Å². The molecule has 2 N–H and O–H groups in total. The van der Waals surface area contributed by atoms with Gasteiger partial charge in [-0.2, -0.15) is 18.3 Å². The van der Waals surface area contributed by atoms with Gasteiger partial charge >= 0.3 is 6.18 Å². The van der Waals surface area contributed by atoms with Crippen molar-refractivity contribution in [2.45, 2.75) is 31.7 Å². The van der Waals surface area contributed by atoms with Crippen molar-refractivity contribution in [2.24, 2.45) is 5.73 Å². The Balaban J connectivity index is 2.12. The summed E-state index contributed by atoms with van der Waals surface area (Å²) in [5, 5.41) is 3.56. The number of alkyl halides is 3. The molecule has 2 atom stereocenters. The minimum atomic E-state index is -4.33. The maximum Gasteiger partial charge on any atom is 0.408 e. The summed E-state index contributed by atoms with van der Waals surface area (Å²) >= 11 is 0. The Morgan fingerprint density at radius 2 is 2.18 bits per heavy atom. The highest BCUT2D eigenvalue weighted by atomic mass is 19.4. The number of nitrogens with zero attached hydrogens (tertiary/aromatic N) is 3. The lowest BCUT2D eigenvalue weighted by Crippen LogP contribution is -2.67. The summed E-state index contributed by atoms with van der Waals surface area (Å²) in [6, 6.07) is -0.799. The molecule has 0 radical (unpaired) electrons. The number of nitrogens with two attached hydrogens (primary N) is 1. The predicted molar refractivity (Wildman–Crippen MR) is 53.2 cm³/mol. The second-order valence-electron chi connectivity index (χ2n) is 3.99. The number of hydrogen-bond donors (Lipinski definition) is 1. The SMILES string of the molecule is CC1C(N)C(=O)N1c1cnn(CC(F)(F)F)c1. The van der Waals surface area contributed by atoms with Crippen molar-refractivity contribution in [1.29, 1.82) is 0 Å². The molecule has 2 heterocycles. The van der Waals surface area contributed by atoms with Crippen LogP contribution in [0.3, 0.4) is 0 Å². The van der Waals surface area contributed by atoms with Crippen LogP contribution in [0, 0.1) is 0 Å². The smallest absolute Gasteiger partial charge is 0.318 e. The molecule has 1 aliphatic rings. The Bertz CT molecular complexity index is 442. The predicted octanol–water partition coefficient (Wildman–Crippen LogP) is 0.508. The first-order valence-corrected chi connectivity index (χ1v) is 4.97. The lowest BCUT2D eigenvalue weighted by atomic mass is 9.97. The molecular weight excluding hydrogens is 237 g/mol. The lowest BCUT2D eigenvalue weighted by Gasteiger charge is -2.42. The van der Waals surface area contributed by atoms with Gasteiger partial charge in [0.2, 0.25) is 5.91 Å². The van der Waals surface area contributed by atoms with Gasteiger partial charge in [0.15, 0.2) is 0 Å². The first-order chi connectivity index (χ1) is 7.79. The van der Waals surface area contributed by atoms with Gasteiger partial charge in [-0.25, -0.2) is 0 Å². The Hall–Kier alpha value is -1.57. The Morgan fingerprint density at radius 3 is 2.71 bits per heavy atom. The number of carbonyl (C=O) groups excluding carboxylic acids is 1. The lowest BCUT2D eigenvalue weighted by molar-refractivity contribution is -0.142. The number of aromatic nitrogens is 2. The standard InChI is InChI=1S/C9H11F3N4O/c1-5-7(13)8(17)16(5)6-2-14-15(3-6)4-9(10,11)12/h2-3,5,7H,4,13H2,1H3. The maximum atomic E-state index is 12.1. The minimum absolute atomic E-state index is 0.217. The fourth-order valence-electron chi connectivity index (χ4n) is 1.76. The second-order valence-corrected chi connectivity index (χ2v) is 3.99. The molecule has 0 bridgehead atoms. The van der Waals surface area contributed by atoms with Crippen molar-refractivity contribution < 1.29 is 18.0 Å². The number of halogens is 3. The van der Waals surface area contributed by atoms with E-state index in [1.165, 1.54) is 17.3 Å². The first-order valence-electron chi connectivity index (χ1n) is 4.97. The Morgan fingerprint density at radius 1 is 1.53 bits per heavy atom. The zero-order chi connectivity index (χ0) is 12.8. The topological polar surface area (TPSA) is 64.2 Å². The highest BCUT2D eigenvalue weighted by Crippen LogP contribution is 2.27. The molecule has 5 nitrogen and oxygen atoms in total. The molecule has 1 aromatic rings. The van der Waals surface area contributed by atoms with Crippen LogP contribution in [0.1, 0.15) is 6.92 Å². The van der Waals surface area contributed by atoms with E-state index in [1.807, 2.05) is 0 Å². The van der Waals surface area contributed by atoms with Crippen LogP contribution in [0.25, 0.3) is 0 Å². The third kappa shape index (κ3) is 2.12. The molecular formula is C9H11F3N4O. The van der Waals surface area contributed by atoms with E-state index in [0.717, 1.165) is 4.68 Å². The van der Waals surface area contributed by atoms with Crippen molar-refractivity contribution in [1.82, 2.24) is 9.78 Å². The zero-order valence-corrected chi connectivity index (χ0v) is 8.98. The van der Waals surface area contributed by atoms with Crippen LogP contribution in [0.15, 0.2) is 12.4 Å². The van der Waals surface area contributed by atoms with E-state index < -0.39 is 18.8 Å². The van der Waals surface area contributed by atoms with Gasteiger partial charge in [-0.15, -0.1) is 0 Å². The molecule has 94 valence electrons. The summed E-state index contributed by atoms with van der Waals surface area (Å²) in [5.74, 6) is -0.302. The molecule has 1 aromatic heterocycles. The molecule has 0 aliphatic carbocycles. The molecule has 8 heteroatoms. The summed E-state index contributed by atoms with van der Waals surface area (Å²) in [4.78, 5) is 12.7. The maximum absolute atomic E-state index is 12.1. The number of anilines is 1. The van der Waals surface area contributed by atoms with Crippen LogP contribution in [0.4, 0.5) is 18.9 Å². The number of amides is 1. The Labute approximate surface area is 95.0 Å². The van der Waals surface area contributed by atoms with Gasteiger partial charge in [0, 0.05) is 6.20 Å². The van der Waals surface area contributed by atoms with Gasteiger partial charge in [-0.3, -0.25) is 9.48 Å². The van der Waals surface area contributed by atoms with E-state index in [4.69, 9.17) is 5.73 Å². The van der Waals surface area contributed by atoms with E-state index in [9.17, 15) is 18.0 Å². The van der Waals surface area contributed by atoms with Gasteiger partial charge in [0.25, 0.3) is 0 Å². The largest absolute Gasteiger partial charge is 0.408 e. The van der Waals surface area contributed by atoms with Crippen molar-refractivity contribution in [3.63, 3.8) is 0 Å². The second kappa shape index (κ2) is 3.73. The summed E-state index contributed by atoms with van der Waals surface area (Å²) in [6.45, 7) is 0.558. The Kier molecular flexibility index (Phi) is 2.61. The summed E-state index contributed by atoms with van der Waals surface area (Å²) < 4.78 is 37.1. The molecule has 1 fully saturated rings. The van der Waals surface area contributed by atoms with Crippen molar-refractivity contribution >= 4 is 11.6 Å². The number of hydrogen-bond acceptors (Lipinski definition) is 3. The summed E-state index contributed by atoms with van der Waals surface area (Å²) in [5.41, 5.74) is 5.84. The quantitative estimate of drug-likeness (QED) is 0.775. The van der Waals surface area contributed by atoms with Crippen molar-refractivity contribution in [2.75, 3.05) is 4.90 Å².